The minimum atomic E-state index is 0.0729. The standard InChI is InChI=1S/C18H22N2O3/c1-12-4-5-16-15(11-23-18(16)13(12)2)10-17(22)20-8-6-19(7-9-20)14(3)21/h4-5,11H,6-10H2,1-3H3. The molecule has 122 valence electrons. The maximum absolute atomic E-state index is 12.5. The third kappa shape index (κ3) is 2.96. The number of hydrogen-bond donors (Lipinski definition) is 0. The van der Waals surface area contributed by atoms with Gasteiger partial charge in [-0.2, -0.15) is 0 Å². The number of carbonyl (C=O) groups excluding carboxylic acids is 2. The number of piperazine rings is 1. The van der Waals surface area contributed by atoms with Crippen LogP contribution in [-0.2, 0) is 16.0 Å². The van der Waals surface area contributed by atoms with Crippen molar-refractivity contribution >= 4 is 22.8 Å². The van der Waals surface area contributed by atoms with Gasteiger partial charge in [-0.1, -0.05) is 12.1 Å². The van der Waals surface area contributed by atoms with Crippen molar-refractivity contribution in [3.8, 4) is 0 Å². The highest BCUT2D eigenvalue weighted by atomic mass is 16.3. The highest BCUT2D eigenvalue weighted by molar-refractivity contribution is 5.89. The highest BCUT2D eigenvalue weighted by Crippen LogP contribution is 2.27. The first-order valence-electron chi connectivity index (χ1n) is 7.97. The molecule has 1 aromatic carbocycles. The van der Waals surface area contributed by atoms with E-state index in [1.54, 1.807) is 18.1 Å². The fraction of sp³-hybridized carbons (Fsp3) is 0.444. The first-order chi connectivity index (χ1) is 11.0. The highest BCUT2D eigenvalue weighted by Gasteiger charge is 2.23. The molecule has 2 heterocycles. The summed E-state index contributed by atoms with van der Waals surface area (Å²) in [6.45, 7) is 8.10. The number of rotatable bonds is 2. The van der Waals surface area contributed by atoms with E-state index in [2.05, 4.69) is 13.0 Å². The summed E-state index contributed by atoms with van der Waals surface area (Å²) >= 11 is 0. The van der Waals surface area contributed by atoms with Crippen LogP contribution in [-0.4, -0.2) is 47.8 Å². The van der Waals surface area contributed by atoms with E-state index in [-0.39, 0.29) is 11.8 Å². The lowest BCUT2D eigenvalue weighted by Crippen LogP contribution is -2.50. The molecule has 5 heteroatoms. The summed E-state index contributed by atoms with van der Waals surface area (Å²) in [6, 6.07) is 4.09. The van der Waals surface area contributed by atoms with E-state index in [9.17, 15) is 9.59 Å². The molecule has 1 fully saturated rings. The number of aryl methyl sites for hydroxylation is 2. The van der Waals surface area contributed by atoms with Crippen LogP contribution in [0.15, 0.2) is 22.8 Å². The van der Waals surface area contributed by atoms with Gasteiger partial charge in [0.2, 0.25) is 11.8 Å². The zero-order chi connectivity index (χ0) is 16.6. The van der Waals surface area contributed by atoms with Gasteiger partial charge in [-0.3, -0.25) is 9.59 Å². The molecule has 1 aromatic heterocycles. The van der Waals surface area contributed by atoms with Gasteiger partial charge in [0, 0.05) is 44.1 Å². The van der Waals surface area contributed by atoms with E-state index >= 15 is 0 Å². The normalized spacial score (nSPS) is 15.3. The zero-order valence-electron chi connectivity index (χ0n) is 13.9. The minimum absolute atomic E-state index is 0.0729. The van der Waals surface area contributed by atoms with Crippen LogP contribution in [0.5, 0.6) is 0 Å². The first kappa shape index (κ1) is 15.6. The fourth-order valence-corrected chi connectivity index (χ4v) is 3.07. The van der Waals surface area contributed by atoms with Crippen LogP contribution >= 0.6 is 0 Å². The van der Waals surface area contributed by atoms with Crippen molar-refractivity contribution in [2.75, 3.05) is 26.2 Å². The Bertz CT molecular complexity index is 755. The molecule has 5 nitrogen and oxygen atoms in total. The summed E-state index contributed by atoms with van der Waals surface area (Å²) in [5, 5.41) is 1.02. The van der Waals surface area contributed by atoms with Gasteiger partial charge >= 0.3 is 0 Å². The topological polar surface area (TPSA) is 53.8 Å². The van der Waals surface area contributed by atoms with Gasteiger partial charge in [0.25, 0.3) is 0 Å². The molecule has 2 aromatic rings. The van der Waals surface area contributed by atoms with E-state index in [4.69, 9.17) is 4.42 Å². The number of carbonyl (C=O) groups is 2. The number of benzene rings is 1. The van der Waals surface area contributed by atoms with Crippen LogP contribution in [0.4, 0.5) is 0 Å². The molecule has 0 radical (unpaired) electrons. The molecule has 3 rings (SSSR count). The Morgan fingerprint density at radius 2 is 1.74 bits per heavy atom. The van der Waals surface area contributed by atoms with Crippen molar-refractivity contribution < 1.29 is 14.0 Å². The second-order valence-electron chi connectivity index (χ2n) is 6.21. The molecular weight excluding hydrogens is 292 g/mol. The third-order valence-electron chi connectivity index (χ3n) is 4.76. The Morgan fingerprint density at radius 3 is 2.39 bits per heavy atom. The van der Waals surface area contributed by atoms with Crippen molar-refractivity contribution in [1.82, 2.24) is 9.80 Å². The van der Waals surface area contributed by atoms with Crippen LogP contribution in [0, 0.1) is 13.8 Å². The van der Waals surface area contributed by atoms with Crippen molar-refractivity contribution in [2.24, 2.45) is 0 Å². The first-order valence-corrected chi connectivity index (χ1v) is 7.97. The quantitative estimate of drug-likeness (QED) is 0.854. The molecular formula is C18H22N2O3. The van der Waals surface area contributed by atoms with Crippen LogP contribution in [0.3, 0.4) is 0 Å². The van der Waals surface area contributed by atoms with Gasteiger partial charge in [0.1, 0.15) is 5.58 Å². The van der Waals surface area contributed by atoms with Crippen molar-refractivity contribution in [2.45, 2.75) is 27.2 Å². The van der Waals surface area contributed by atoms with Crippen molar-refractivity contribution in [3.63, 3.8) is 0 Å². The van der Waals surface area contributed by atoms with Gasteiger partial charge in [0.15, 0.2) is 0 Å². The molecule has 1 saturated heterocycles. The minimum Gasteiger partial charge on any atom is -0.464 e. The molecule has 0 saturated carbocycles. The predicted molar refractivity (Wildman–Crippen MR) is 88.2 cm³/mol. The largest absolute Gasteiger partial charge is 0.464 e. The van der Waals surface area contributed by atoms with E-state index < -0.39 is 0 Å². The lowest BCUT2D eigenvalue weighted by Gasteiger charge is -2.34. The van der Waals surface area contributed by atoms with E-state index in [0.29, 0.717) is 32.6 Å². The van der Waals surface area contributed by atoms with Gasteiger partial charge in [0.05, 0.1) is 12.7 Å². The summed E-state index contributed by atoms with van der Waals surface area (Å²) in [4.78, 5) is 27.5. The Balaban J connectivity index is 1.72. The Hall–Kier alpha value is -2.30. The number of fused-ring (bicyclic) bond motifs is 1. The Kier molecular flexibility index (Phi) is 4.11. The third-order valence-corrected chi connectivity index (χ3v) is 4.76. The summed E-state index contributed by atoms with van der Waals surface area (Å²) < 4.78 is 5.67. The molecule has 0 bridgehead atoms. The van der Waals surface area contributed by atoms with Crippen LogP contribution < -0.4 is 0 Å². The molecule has 2 amide bonds. The van der Waals surface area contributed by atoms with Gasteiger partial charge < -0.3 is 14.2 Å². The van der Waals surface area contributed by atoms with E-state index in [0.717, 1.165) is 22.1 Å². The fourth-order valence-electron chi connectivity index (χ4n) is 3.07. The van der Waals surface area contributed by atoms with Gasteiger partial charge in [-0.15, -0.1) is 0 Å². The van der Waals surface area contributed by atoms with Crippen molar-refractivity contribution in [1.29, 1.82) is 0 Å². The smallest absolute Gasteiger partial charge is 0.227 e. The molecule has 0 aliphatic carbocycles. The SMILES string of the molecule is CC(=O)N1CCN(C(=O)Cc2coc3c(C)c(C)ccc23)CC1. The molecule has 1 aliphatic rings. The summed E-state index contributed by atoms with van der Waals surface area (Å²) in [7, 11) is 0. The van der Waals surface area contributed by atoms with E-state index in [1.165, 1.54) is 5.56 Å². The molecule has 23 heavy (non-hydrogen) atoms. The average molecular weight is 314 g/mol. The number of furan rings is 1. The monoisotopic (exact) mass is 314 g/mol. The summed E-state index contributed by atoms with van der Waals surface area (Å²) in [5.74, 6) is 0.165. The van der Waals surface area contributed by atoms with Gasteiger partial charge in [-0.05, 0) is 25.0 Å². The lowest BCUT2D eigenvalue weighted by molar-refractivity contribution is -0.138. The van der Waals surface area contributed by atoms with Crippen LogP contribution in [0.1, 0.15) is 23.6 Å². The predicted octanol–water partition coefficient (Wildman–Crippen LogP) is 2.28. The van der Waals surface area contributed by atoms with Crippen molar-refractivity contribution in [3.05, 3.63) is 35.1 Å². The second kappa shape index (κ2) is 6.07. The molecule has 0 N–H and O–H groups in total. The maximum atomic E-state index is 12.5. The average Bonchev–Trinajstić information content (AvgIpc) is 2.94. The van der Waals surface area contributed by atoms with E-state index in [1.807, 2.05) is 17.9 Å². The molecule has 0 unspecified atom stereocenters. The molecule has 0 spiro atoms. The zero-order valence-corrected chi connectivity index (χ0v) is 13.9. The molecule has 1 aliphatic heterocycles. The summed E-state index contributed by atoms with van der Waals surface area (Å²) in [6.07, 6.45) is 2.04. The number of nitrogens with zero attached hydrogens (tertiary/aromatic N) is 2. The molecule has 0 atom stereocenters. The summed E-state index contributed by atoms with van der Waals surface area (Å²) in [5.41, 5.74) is 4.11. The second-order valence-corrected chi connectivity index (χ2v) is 6.21. The number of hydrogen-bond acceptors (Lipinski definition) is 3. The maximum Gasteiger partial charge on any atom is 0.227 e. The number of amides is 2. The van der Waals surface area contributed by atoms with Gasteiger partial charge in [-0.25, -0.2) is 0 Å². The van der Waals surface area contributed by atoms with Crippen LogP contribution in [0.2, 0.25) is 0 Å². The Labute approximate surface area is 135 Å². The van der Waals surface area contributed by atoms with Crippen LogP contribution in [0.25, 0.3) is 11.0 Å². The Morgan fingerprint density at radius 1 is 1.09 bits per heavy atom. The lowest BCUT2D eigenvalue weighted by atomic mass is 10.0.